The Bertz CT molecular complexity index is 400. The van der Waals surface area contributed by atoms with E-state index in [1.807, 2.05) is 0 Å². The van der Waals surface area contributed by atoms with Crippen LogP contribution in [-0.4, -0.2) is 32.1 Å². The Balaban J connectivity index is 3.17. The minimum Gasteiger partial charge on any atom is -0.303 e. The van der Waals surface area contributed by atoms with Crippen molar-refractivity contribution in [2.24, 2.45) is 0 Å². The molecule has 0 aromatic heterocycles. The number of rotatable bonds is 22. The minimum atomic E-state index is -4.38. The zero-order valence-corrected chi connectivity index (χ0v) is 19.8. The van der Waals surface area contributed by atoms with Gasteiger partial charge in [-0.3, -0.25) is 8.73 Å². The summed E-state index contributed by atoms with van der Waals surface area (Å²) in [5.41, 5.74) is 0. The van der Waals surface area contributed by atoms with Crippen molar-refractivity contribution < 1.29 is 23.1 Å². The van der Waals surface area contributed by atoms with Gasteiger partial charge < -0.3 is 9.79 Å². The third-order valence-electron chi connectivity index (χ3n) is 5.00. The summed E-state index contributed by atoms with van der Waals surface area (Å²) in [6.45, 7) is 2.23. The number of hydrogen-bond donors (Lipinski definition) is 2. The Hall–Kier alpha value is 0.260. The van der Waals surface area contributed by atoms with E-state index in [4.69, 9.17) is 9.79 Å². The van der Waals surface area contributed by atoms with Gasteiger partial charge in [-0.25, -0.2) is 4.57 Å². The molecule has 0 bridgehead atoms. The Labute approximate surface area is 176 Å². The van der Waals surface area contributed by atoms with Crippen molar-refractivity contribution in [1.82, 2.24) is 0 Å². The lowest BCUT2D eigenvalue weighted by molar-refractivity contribution is 0.198. The van der Waals surface area contributed by atoms with E-state index < -0.39 is 18.6 Å². The molecule has 5 nitrogen and oxygen atoms in total. The molecule has 0 rings (SSSR count). The molecule has 0 heterocycles. The van der Waals surface area contributed by atoms with Crippen molar-refractivity contribution in [3.63, 3.8) is 0 Å². The number of unbranched alkanes of at least 4 members (excludes halogenated alkanes) is 15. The summed E-state index contributed by atoms with van der Waals surface area (Å²) in [5.74, 6) is 1.15. The standard InChI is InChI=1S/C21H45O5PS/c1-2-3-4-5-6-7-8-9-10-11-12-13-14-15-16-17-20-28(25)21-18-19-26-27(22,23)24/h2-21H2,1H3,(H2,22,23,24). The van der Waals surface area contributed by atoms with Crippen LogP contribution >= 0.6 is 7.82 Å². The second-order valence-corrected chi connectivity index (χ2v) is 10.8. The van der Waals surface area contributed by atoms with Crippen LogP contribution in [0.4, 0.5) is 0 Å². The summed E-state index contributed by atoms with van der Waals surface area (Å²) >= 11 is 0. The van der Waals surface area contributed by atoms with Crippen LogP contribution in [-0.2, 0) is 19.9 Å². The molecule has 0 amide bonds. The zero-order chi connectivity index (χ0) is 20.9. The van der Waals surface area contributed by atoms with Crippen LogP contribution < -0.4 is 0 Å². The van der Waals surface area contributed by atoms with E-state index >= 15 is 0 Å². The highest BCUT2D eigenvalue weighted by Gasteiger charge is 2.12. The molecule has 0 saturated heterocycles. The van der Waals surface area contributed by atoms with Crippen LogP contribution in [0.2, 0.25) is 0 Å². The maximum Gasteiger partial charge on any atom is 0.469 e. The molecule has 28 heavy (non-hydrogen) atoms. The summed E-state index contributed by atoms with van der Waals surface area (Å²) in [6, 6.07) is 0. The van der Waals surface area contributed by atoms with E-state index in [-0.39, 0.29) is 6.61 Å². The second-order valence-electron chi connectivity index (χ2n) is 7.83. The summed E-state index contributed by atoms with van der Waals surface area (Å²) in [7, 11) is -5.28. The molecule has 0 aliphatic rings. The lowest BCUT2D eigenvalue weighted by Crippen LogP contribution is -2.05. The van der Waals surface area contributed by atoms with E-state index in [0.717, 1.165) is 12.8 Å². The number of phosphoric ester groups is 1. The maximum absolute atomic E-state index is 11.8. The van der Waals surface area contributed by atoms with E-state index in [1.54, 1.807) is 0 Å². The molecule has 1 atom stereocenters. The molecule has 0 fully saturated rings. The Morgan fingerprint density at radius 1 is 0.643 bits per heavy atom. The minimum absolute atomic E-state index is 0.0328. The van der Waals surface area contributed by atoms with Gasteiger partial charge in [0.1, 0.15) is 0 Å². The highest BCUT2D eigenvalue weighted by Crippen LogP contribution is 2.35. The van der Waals surface area contributed by atoms with Gasteiger partial charge in [0.2, 0.25) is 0 Å². The highest BCUT2D eigenvalue weighted by molar-refractivity contribution is 7.84. The van der Waals surface area contributed by atoms with Gasteiger partial charge in [0.25, 0.3) is 0 Å². The fourth-order valence-corrected chi connectivity index (χ4v) is 4.85. The lowest BCUT2D eigenvalue weighted by atomic mass is 10.0. The van der Waals surface area contributed by atoms with Crippen LogP contribution in [0.5, 0.6) is 0 Å². The largest absolute Gasteiger partial charge is 0.469 e. The van der Waals surface area contributed by atoms with Crippen molar-refractivity contribution in [1.29, 1.82) is 0 Å². The van der Waals surface area contributed by atoms with Crippen LogP contribution in [0.15, 0.2) is 0 Å². The summed E-state index contributed by atoms with van der Waals surface area (Å²) in [5, 5.41) is 0. The monoisotopic (exact) mass is 440 g/mol. The molecule has 0 saturated carbocycles. The molecule has 0 spiro atoms. The van der Waals surface area contributed by atoms with Gasteiger partial charge in [0, 0.05) is 22.3 Å². The first kappa shape index (κ1) is 28.3. The topological polar surface area (TPSA) is 83.8 Å². The normalized spacial score (nSPS) is 13.1. The average molecular weight is 441 g/mol. The van der Waals surface area contributed by atoms with Crippen LogP contribution in [0.25, 0.3) is 0 Å². The van der Waals surface area contributed by atoms with Gasteiger partial charge in [-0.1, -0.05) is 103 Å². The predicted molar refractivity (Wildman–Crippen MR) is 120 cm³/mol. The SMILES string of the molecule is CCCCCCCCCCCCCCCCCCS(=O)CCCOP(=O)(O)O. The molecule has 0 aliphatic heterocycles. The fourth-order valence-electron chi connectivity index (χ4n) is 3.32. The molecule has 2 N–H and O–H groups in total. The molecule has 0 aliphatic carbocycles. The Morgan fingerprint density at radius 3 is 1.39 bits per heavy atom. The summed E-state index contributed by atoms with van der Waals surface area (Å²) < 4.78 is 26.6. The summed E-state index contributed by atoms with van der Waals surface area (Å²) in [6.07, 6.45) is 21.7. The molecule has 0 aromatic rings. The third-order valence-corrected chi connectivity index (χ3v) is 7.01. The Kier molecular flexibility index (Phi) is 20.7. The summed E-state index contributed by atoms with van der Waals surface area (Å²) in [4.78, 5) is 17.1. The lowest BCUT2D eigenvalue weighted by Gasteiger charge is -2.05. The molecule has 0 radical (unpaired) electrons. The number of hydrogen-bond acceptors (Lipinski definition) is 3. The average Bonchev–Trinajstić information content (AvgIpc) is 2.64. The van der Waals surface area contributed by atoms with Gasteiger partial charge in [0.15, 0.2) is 0 Å². The van der Waals surface area contributed by atoms with E-state index in [0.29, 0.717) is 17.9 Å². The first-order valence-electron chi connectivity index (χ1n) is 11.5. The van der Waals surface area contributed by atoms with Crippen molar-refractivity contribution in [3.05, 3.63) is 0 Å². The molecule has 0 aromatic carbocycles. The van der Waals surface area contributed by atoms with Crippen LogP contribution in [0.3, 0.4) is 0 Å². The fraction of sp³-hybridized carbons (Fsp3) is 1.00. The quantitative estimate of drug-likeness (QED) is 0.148. The van der Waals surface area contributed by atoms with Gasteiger partial charge in [-0.2, -0.15) is 0 Å². The first-order valence-corrected chi connectivity index (χ1v) is 14.5. The van der Waals surface area contributed by atoms with Gasteiger partial charge in [-0.05, 0) is 12.8 Å². The zero-order valence-electron chi connectivity index (χ0n) is 18.1. The van der Waals surface area contributed by atoms with Crippen LogP contribution in [0, 0.1) is 0 Å². The molecule has 1 unspecified atom stereocenters. The molecular weight excluding hydrogens is 395 g/mol. The maximum atomic E-state index is 11.8. The molecule has 170 valence electrons. The highest BCUT2D eigenvalue weighted by atomic mass is 32.2. The smallest absolute Gasteiger partial charge is 0.303 e. The first-order chi connectivity index (χ1) is 13.5. The Morgan fingerprint density at radius 2 is 1.00 bits per heavy atom. The van der Waals surface area contributed by atoms with Crippen molar-refractivity contribution >= 4 is 18.6 Å². The van der Waals surface area contributed by atoms with Gasteiger partial charge >= 0.3 is 7.82 Å². The van der Waals surface area contributed by atoms with Crippen LogP contribution in [0.1, 0.15) is 116 Å². The predicted octanol–water partition coefficient (Wildman–Crippen LogP) is 6.50. The van der Waals surface area contributed by atoms with Crippen molar-refractivity contribution in [2.45, 2.75) is 116 Å². The molecule has 7 heteroatoms. The third kappa shape index (κ3) is 24.3. The van der Waals surface area contributed by atoms with E-state index in [1.165, 1.54) is 89.9 Å². The van der Waals surface area contributed by atoms with Gasteiger partial charge in [0.05, 0.1) is 6.61 Å². The van der Waals surface area contributed by atoms with E-state index in [9.17, 15) is 8.77 Å². The van der Waals surface area contributed by atoms with Crippen molar-refractivity contribution in [3.8, 4) is 0 Å². The molecular formula is C21H45O5PS. The second kappa shape index (κ2) is 20.5. The number of phosphoric acid groups is 1. The van der Waals surface area contributed by atoms with Gasteiger partial charge in [-0.15, -0.1) is 0 Å². The van der Waals surface area contributed by atoms with Crippen molar-refractivity contribution in [2.75, 3.05) is 18.1 Å². The van der Waals surface area contributed by atoms with E-state index in [2.05, 4.69) is 11.4 Å².